The highest BCUT2D eigenvalue weighted by Gasteiger charge is 2.18. The topological polar surface area (TPSA) is 101 Å². The maximum absolute atomic E-state index is 12.4. The van der Waals surface area contributed by atoms with Crippen LogP contribution in [0.15, 0.2) is 33.9 Å². The second-order valence-corrected chi connectivity index (χ2v) is 4.51. The number of hydrogen-bond acceptors (Lipinski definition) is 4. The Morgan fingerprint density at radius 2 is 1.86 bits per heavy atom. The van der Waals surface area contributed by atoms with Gasteiger partial charge >= 0.3 is 11.7 Å². The van der Waals surface area contributed by atoms with Crippen LogP contribution < -0.4 is 16.0 Å². The van der Waals surface area contributed by atoms with Gasteiger partial charge in [0, 0.05) is 5.56 Å². The molecule has 0 bridgehead atoms. The van der Waals surface area contributed by atoms with E-state index in [0.717, 1.165) is 4.57 Å². The fraction of sp³-hybridized carbons (Fsp3) is 0.267. The maximum Gasteiger partial charge on any atom is 0.352 e. The SMILES string of the molecule is CCOc1ccc(-n2c(=O)[nH]c(C(=O)O)c(CC)c2=O)cc1. The Labute approximate surface area is 125 Å². The number of aromatic amines is 1. The molecule has 0 fully saturated rings. The predicted octanol–water partition coefficient (Wildman–Crippen LogP) is 1.19. The van der Waals surface area contributed by atoms with E-state index in [9.17, 15) is 14.4 Å². The minimum absolute atomic E-state index is 0.0565. The van der Waals surface area contributed by atoms with Gasteiger partial charge in [-0.05, 0) is 37.6 Å². The number of carboxylic acid groups (broad SMARTS) is 1. The monoisotopic (exact) mass is 304 g/mol. The molecule has 0 spiro atoms. The number of benzene rings is 1. The zero-order valence-electron chi connectivity index (χ0n) is 12.3. The first-order valence-corrected chi connectivity index (χ1v) is 6.84. The lowest BCUT2D eigenvalue weighted by Crippen LogP contribution is -2.38. The number of aromatic carboxylic acids is 1. The molecule has 22 heavy (non-hydrogen) atoms. The summed E-state index contributed by atoms with van der Waals surface area (Å²) in [6, 6.07) is 6.42. The van der Waals surface area contributed by atoms with Gasteiger partial charge in [0.15, 0.2) is 0 Å². The van der Waals surface area contributed by atoms with E-state index in [1.54, 1.807) is 31.2 Å². The zero-order valence-corrected chi connectivity index (χ0v) is 12.3. The summed E-state index contributed by atoms with van der Waals surface area (Å²) in [5.41, 5.74) is -1.38. The Balaban J connectivity index is 2.63. The van der Waals surface area contributed by atoms with Gasteiger partial charge in [0.05, 0.1) is 12.3 Å². The number of nitrogens with one attached hydrogen (secondary N) is 1. The summed E-state index contributed by atoms with van der Waals surface area (Å²) in [6.45, 7) is 4.01. The first-order chi connectivity index (χ1) is 10.5. The van der Waals surface area contributed by atoms with Gasteiger partial charge in [-0.2, -0.15) is 0 Å². The van der Waals surface area contributed by atoms with Crippen LogP contribution in [0.3, 0.4) is 0 Å². The van der Waals surface area contributed by atoms with Crippen LogP contribution in [0.4, 0.5) is 0 Å². The molecule has 7 heteroatoms. The molecular formula is C15H16N2O5. The molecule has 2 rings (SSSR count). The average molecular weight is 304 g/mol. The van der Waals surface area contributed by atoms with Crippen molar-refractivity contribution in [2.75, 3.05) is 6.61 Å². The largest absolute Gasteiger partial charge is 0.494 e. The van der Waals surface area contributed by atoms with Gasteiger partial charge in [-0.15, -0.1) is 0 Å². The molecule has 1 aromatic heterocycles. The van der Waals surface area contributed by atoms with E-state index < -0.39 is 17.2 Å². The van der Waals surface area contributed by atoms with Crippen LogP contribution in [-0.4, -0.2) is 27.2 Å². The molecule has 7 nitrogen and oxygen atoms in total. The lowest BCUT2D eigenvalue weighted by molar-refractivity contribution is 0.0688. The Kier molecular flexibility index (Phi) is 4.45. The van der Waals surface area contributed by atoms with Crippen molar-refractivity contribution in [2.24, 2.45) is 0 Å². The van der Waals surface area contributed by atoms with Crippen molar-refractivity contribution in [1.29, 1.82) is 0 Å². The number of carbonyl (C=O) groups is 1. The Bertz CT molecular complexity index is 802. The van der Waals surface area contributed by atoms with Crippen molar-refractivity contribution in [1.82, 2.24) is 9.55 Å². The molecular weight excluding hydrogens is 288 g/mol. The molecule has 2 aromatic rings. The first kappa shape index (κ1) is 15.6. The van der Waals surface area contributed by atoms with Crippen molar-refractivity contribution in [3.8, 4) is 11.4 Å². The molecule has 0 atom stereocenters. The third kappa shape index (κ3) is 2.78. The van der Waals surface area contributed by atoms with Crippen molar-refractivity contribution in [2.45, 2.75) is 20.3 Å². The summed E-state index contributed by atoms with van der Waals surface area (Å²) >= 11 is 0. The molecule has 0 aliphatic rings. The van der Waals surface area contributed by atoms with Crippen molar-refractivity contribution < 1.29 is 14.6 Å². The average Bonchev–Trinajstić information content (AvgIpc) is 2.48. The number of rotatable bonds is 5. The highest BCUT2D eigenvalue weighted by molar-refractivity contribution is 5.86. The standard InChI is InChI=1S/C15H16N2O5/c1-3-11-12(14(19)20)16-15(21)17(13(11)18)9-5-7-10(8-6-9)22-4-2/h5-8H,3-4H2,1-2H3,(H,16,21)(H,19,20). The second kappa shape index (κ2) is 6.30. The maximum atomic E-state index is 12.4. The molecule has 0 aliphatic heterocycles. The summed E-state index contributed by atoms with van der Waals surface area (Å²) < 4.78 is 6.22. The lowest BCUT2D eigenvalue weighted by Gasteiger charge is -2.10. The van der Waals surface area contributed by atoms with Crippen LogP contribution in [0.25, 0.3) is 5.69 Å². The predicted molar refractivity (Wildman–Crippen MR) is 80.2 cm³/mol. The first-order valence-electron chi connectivity index (χ1n) is 6.84. The molecule has 116 valence electrons. The molecule has 0 radical (unpaired) electrons. The van der Waals surface area contributed by atoms with Crippen LogP contribution in [0, 0.1) is 0 Å². The number of H-pyrrole nitrogens is 1. The molecule has 0 aliphatic carbocycles. The van der Waals surface area contributed by atoms with Crippen LogP contribution in [0.5, 0.6) is 5.75 Å². The number of ether oxygens (including phenoxy) is 1. The van der Waals surface area contributed by atoms with Crippen LogP contribution in [-0.2, 0) is 6.42 Å². The molecule has 0 saturated carbocycles. The van der Waals surface area contributed by atoms with E-state index in [1.165, 1.54) is 0 Å². The van der Waals surface area contributed by atoms with Crippen LogP contribution in [0.1, 0.15) is 29.9 Å². The number of nitrogens with zero attached hydrogens (tertiary/aromatic N) is 1. The van der Waals surface area contributed by atoms with Crippen molar-refractivity contribution >= 4 is 5.97 Å². The molecule has 0 amide bonds. The molecule has 0 unspecified atom stereocenters. The lowest BCUT2D eigenvalue weighted by atomic mass is 10.1. The molecule has 0 saturated heterocycles. The van der Waals surface area contributed by atoms with E-state index in [4.69, 9.17) is 9.84 Å². The Morgan fingerprint density at radius 1 is 1.23 bits per heavy atom. The summed E-state index contributed by atoms with van der Waals surface area (Å²) in [6.07, 6.45) is 0.203. The number of carboxylic acids is 1. The van der Waals surface area contributed by atoms with Crippen LogP contribution >= 0.6 is 0 Å². The normalized spacial score (nSPS) is 10.5. The highest BCUT2D eigenvalue weighted by atomic mass is 16.5. The number of hydrogen-bond donors (Lipinski definition) is 2. The quantitative estimate of drug-likeness (QED) is 0.864. The van der Waals surface area contributed by atoms with Gasteiger partial charge in [0.1, 0.15) is 11.4 Å². The van der Waals surface area contributed by atoms with Crippen molar-refractivity contribution in [3.05, 3.63) is 56.4 Å². The fourth-order valence-corrected chi connectivity index (χ4v) is 2.18. The van der Waals surface area contributed by atoms with E-state index in [1.807, 2.05) is 6.92 Å². The third-order valence-electron chi connectivity index (χ3n) is 3.17. The van der Waals surface area contributed by atoms with E-state index in [0.29, 0.717) is 18.0 Å². The highest BCUT2D eigenvalue weighted by Crippen LogP contribution is 2.13. The zero-order chi connectivity index (χ0) is 16.3. The Morgan fingerprint density at radius 3 is 2.36 bits per heavy atom. The summed E-state index contributed by atoms with van der Waals surface area (Å²) in [4.78, 5) is 37.8. The minimum Gasteiger partial charge on any atom is -0.494 e. The van der Waals surface area contributed by atoms with Gasteiger partial charge in [0.2, 0.25) is 0 Å². The van der Waals surface area contributed by atoms with E-state index in [-0.39, 0.29) is 17.7 Å². The summed E-state index contributed by atoms with van der Waals surface area (Å²) in [5, 5.41) is 9.07. The smallest absolute Gasteiger partial charge is 0.352 e. The molecule has 2 N–H and O–H groups in total. The Hall–Kier alpha value is -2.83. The van der Waals surface area contributed by atoms with Gasteiger partial charge in [-0.25, -0.2) is 14.2 Å². The van der Waals surface area contributed by atoms with Crippen LogP contribution in [0.2, 0.25) is 0 Å². The third-order valence-corrected chi connectivity index (χ3v) is 3.17. The second-order valence-electron chi connectivity index (χ2n) is 4.51. The fourth-order valence-electron chi connectivity index (χ4n) is 2.18. The minimum atomic E-state index is -1.33. The van der Waals surface area contributed by atoms with Gasteiger partial charge in [-0.1, -0.05) is 6.92 Å². The summed E-state index contributed by atoms with van der Waals surface area (Å²) in [7, 11) is 0. The molecule has 1 heterocycles. The van der Waals surface area contributed by atoms with E-state index in [2.05, 4.69) is 4.98 Å². The number of aromatic nitrogens is 2. The molecule has 1 aromatic carbocycles. The van der Waals surface area contributed by atoms with Gasteiger partial charge in [-0.3, -0.25) is 4.79 Å². The summed E-state index contributed by atoms with van der Waals surface area (Å²) in [5.74, 6) is -0.710. The van der Waals surface area contributed by atoms with Crippen molar-refractivity contribution in [3.63, 3.8) is 0 Å². The van der Waals surface area contributed by atoms with E-state index >= 15 is 0 Å². The van der Waals surface area contributed by atoms with Gasteiger partial charge in [0.25, 0.3) is 5.56 Å². The van der Waals surface area contributed by atoms with Gasteiger partial charge < -0.3 is 14.8 Å².